The third kappa shape index (κ3) is 6.33. The summed E-state index contributed by atoms with van der Waals surface area (Å²) in [5.74, 6) is 0.834. The molecule has 2 fully saturated rings. The molecule has 9 heteroatoms. The van der Waals surface area contributed by atoms with E-state index in [0.29, 0.717) is 13.2 Å². The molecule has 2 saturated heterocycles. The van der Waals surface area contributed by atoms with Crippen molar-refractivity contribution < 1.29 is 18.5 Å². The van der Waals surface area contributed by atoms with E-state index in [4.69, 9.17) is 9.47 Å². The van der Waals surface area contributed by atoms with Crippen LogP contribution in [0.15, 0.2) is 23.1 Å². The minimum Gasteiger partial charge on any atom is -0.497 e. The van der Waals surface area contributed by atoms with Crippen LogP contribution < -0.4 is 4.74 Å². The Bertz CT molecular complexity index is 1140. The molecule has 0 spiro atoms. The topological polar surface area (TPSA) is 62.3 Å². The van der Waals surface area contributed by atoms with Gasteiger partial charge in [-0.15, -0.1) is 11.3 Å². The Hall–Kier alpha value is -1.78. The van der Waals surface area contributed by atoms with Gasteiger partial charge in [-0.25, -0.2) is 8.51 Å². The van der Waals surface area contributed by atoms with Crippen molar-refractivity contribution in [3.05, 3.63) is 44.6 Å². The number of thiophene rings is 1. The summed E-state index contributed by atoms with van der Waals surface area (Å²) in [4.78, 5) is 21.2. The average Bonchev–Trinajstić information content (AvgIpc) is 3.57. The molecule has 3 aliphatic rings. The van der Waals surface area contributed by atoms with Crippen LogP contribution >= 0.6 is 11.3 Å². The van der Waals surface area contributed by atoms with Crippen molar-refractivity contribution in [2.24, 2.45) is 0 Å². The highest BCUT2D eigenvalue weighted by Crippen LogP contribution is 2.31. The lowest BCUT2D eigenvalue weighted by Crippen LogP contribution is -2.44. The maximum absolute atomic E-state index is 13.7. The third-order valence-electron chi connectivity index (χ3n) is 8.01. The molecule has 4 heterocycles. The Labute approximate surface area is 233 Å². The van der Waals surface area contributed by atoms with E-state index in [1.165, 1.54) is 41.2 Å². The number of carbonyl (C=O) groups is 1. The molecule has 2 aromatic rings. The maximum Gasteiger partial charge on any atom is 0.248 e. The Morgan fingerprint density at radius 2 is 1.79 bits per heavy atom. The van der Waals surface area contributed by atoms with Crippen molar-refractivity contribution in [3.63, 3.8) is 0 Å². The summed E-state index contributed by atoms with van der Waals surface area (Å²) in [5, 5.41) is 0. The third-order valence-corrected chi connectivity index (χ3v) is 11.1. The zero-order valence-electron chi connectivity index (χ0n) is 23.0. The summed E-state index contributed by atoms with van der Waals surface area (Å²) in [7, 11) is 0.376. The molecule has 3 aliphatic heterocycles. The molecule has 0 radical (unpaired) electrons. The van der Waals surface area contributed by atoms with E-state index in [9.17, 15) is 9.00 Å². The lowest BCUT2D eigenvalue weighted by molar-refractivity contribution is -0.137. The SMILES string of the molecule is COc1cc(C)c(S(=O)N2CCCCC2COCC(=O)N2CCc3sc(CN4CCCC4)cc3C2)c(C)c1. The van der Waals surface area contributed by atoms with Gasteiger partial charge in [-0.3, -0.25) is 9.69 Å². The number of amides is 1. The summed E-state index contributed by atoms with van der Waals surface area (Å²) in [6.07, 6.45) is 6.58. The molecule has 2 unspecified atom stereocenters. The van der Waals surface area contributed by atoms with Gasteiger partial charge < -0.3 is 14.4 Å². The van der Waals surface area contributed by atoms with Gasteiger partial charge in [0.25, 0.3) is 0 Å². The summed E-state index contributed by atoms with van der Waals surface area (Å²) in [5.41, 5.74) is 3.26. The van der Waals surface area contributed by atoms with Gasteiger partial charge in [0.05, 0.1) is 18.6 Å². The predicted molar refractivity (Wildman–Crippen MR) is 152 cm³/mol. The molecule has 0 aliphatic carbocycles. The molecule has 2 atom stereocenters. The van der Waals surface area contributed by atoms with Crippen LogP contribution in [-0.4, -0.2) is 76.8 Å². The van der Waals surface area contributed by atoms with Crippen LogP contribution in [-0.2, 0) is 40.0 Å². The Morgan fingerprint density at radius 1 is 1.05 bits per heavy atom. The van der Waals surface area contributed by atoms with Crippen molar-refractivity contribution in [1.82, 2.24) is 14.1 Å². The summed E-state index contributed by atoms with van der Waals surface area (Å²) < 4.78 is 27.1. The Balaban J connectivity index is 1.14. The van der Waals surface area contributed by atoms with Gasteiger partial charge in [0.2, 0.25) is 5.91 Å². The summed E-state index contributed by atoms with van der Waals surface area (Å²) in [6.45, 7) is 10.1. The average molecular weight is 560 g/mol. The monoisotopic (exact) mass is 559 g/mol. The van der Waals surface area contributed by atoms with Crippen LogP contribution in [0.4, 0.5) is 0 Å². The zero-order chi connectivity index (χ0) is 26.6. The molecule has 38 heavy (non-hydrogen) atoms. The van der Waals surface area contributed by atoms with Crippen molar-refractivity contribution in [2.75, 3.05) is 46.5 Å². The molecule has 1 aromatic carbocycles. The van der Waals surface area contributed by atoms with E-state index in [1.54, 1.807) is 7.11 Å². The van der Waals surface area contributed by atoms with Gasteiger partial charge in [0.1, 0.15) is 23.3 Å². The minimum absolute atomic E-state index is 0.0382. The number of aryl methyl sites for hydroxylation is 2. The second-order valence-electron chi connectivity index (χ2n) is 10.9. The fraction of sp³-hybridized carbons (Fsp3) is 0.621. The fourth-order valence-electron chi connectivity index (χ4n) is 6.00. The van der Waals surface area contributed by atoms with Crippen LogP contribution in [0.5, 0.6) is 5.75 Å². The highest BCUT2D eigenvalue weighted by molar-refractivity contribution is 7.82. The minimum atomic E-state index is -1.28. The number of carbonyl (C=O) groups excluding carboxylic acids is 1. The Kier molecular flexibility index (Phi) is 9.21. The van der Waals surface area contributed by atoms with Crippen molar-refractivity contribution >= 4 is 28.2 Å². The normalized spacial score (nSPS) is 21.4. The van der Waals surface area contributed by atoms with E-state index < -0.39 is 11.0 Å². The molecule has 5 rings (SSSR count). The maximum atomic E-state index is 13.7. The first-order valence-electron chi connectivity index (χ1n) is 13.9. The molecule has 7 nitrogen and oxygen atoms in total. The number of fused-ring (bicyclic) bond motifs is 1. The number of nitrogens with zero attached hydrogens (tertiary/aromatic N) is 3. The van der Waals surface area contributed by atoms with E-state index >= 15 is 0 Å². The summed E-state index contributed by atoms with van der Waals surface area (Å²) in [6, 6.07) is 6.25. The molecule has 1 amide bonds. The summed E-state index contributed by atoms with van der Waals surface area (Å²) >= 11 is 1.93. The van der Waals surface area contributed by atoms with Crippen LogP contribution in [0.3, 0.4) is 0 Å². The number of hydrogen-bond donors (Lipinski definition) is 0. The molecule has 0 saturated carbocycles. The second-order valence-corrected chi connectivity index (χ2v) is 13.5. The zero-order valence-corrected chi connectivity index (χ0v) is 24.6. The first kappa shape index (κ1) is 27.8. The van der Waals surface area contributed by atoms with Crippen molar-refractivity contribution in [2.45, 2.75) is 76.4 Å². The van der Waals surface area contributed by atoms with Crippen LogP contribution in [0.2, 0.25) is 0 Å². The number of methoxy groups -OCH3 is 1. The number of hydrogen-bond acceptors (Lipinski definition) is 6. The standard InChI is InChI=1S/C29H41N3O4S2/c1-21-14-25(35-3)15-22(2)29(21)38(34)32-12-5-4-8-24(32)19-36-20-28(33)31-13-9-27-23(17-31)16-26(37-27)18-30-10-6-7-11-30/h14-16,24H,4-13,17-20H2,1-3H3. The highest BCUT2D eigenvalue weighted by atomic mass is 32.2. The van der Waals surface area contributed by atoms with Crippen LogP contribution in [0.1, 0.15) is 58.5 Å². The highest BCUT2D eigenvalue weighted by Gasteiger charge is 2.30. The van der Waals surface area contributed by atoms with Gasteiger partial charge in [0, 0.05) is 42.0 Å². The first-order chi connectivity index (χ1) is 18.4. The number of benzene rings is 1. The number of ether oxygens (including phenoxy) is 2. The number of likely N-dealkylation sites (tertiary alicyclic amines) is 1. The largest absolute Gasteiger partial charge is 0.497 e. The van der Waals surface area contributed by atoms with Gasteiger partial charge in [-0.2, -0.15) is 0 Å². The van der Waals surface area contributed by atoms with E-state index in [2.05, 4.69) is 15.3 Å². The molecular weight excluding hydrogens is 518 g/mol. The quantitative estimate of drug-likeness (QED) is 0.454. The first-order valence-corrected chi connectivity index (χ1v) is 15.9. The lowest BCUT2D eigenvalue weighted by atomic mass is 10.1. The number of piperidine rings is 1. The molecule has 0 bridgehead atoms. The van der Waals surface area contributed by atoms with Gasteiger partial charge in [-0.05, 0) is 93.9 Å². The number of rotatable bonds is 9. The van der Waals surface area contributed by atoms with Crippen LogP contribution in [0.25, 0.3) is 0 Å². The van der Waals surface area contributed by atoms with Gasteiger partial charge in [0.15, 0.2) is 0 Å². The van der Waals surface area contributed by atoms with Crippen molar-refractivity contribution in [3.8, 4) is 5.75 Å². The lowest BCUT2D eigenvalue weighted by Gasteiger charge is -2.35. The molecular formula is C29H41N3O4S2. The Morgan fingerprint density at radius 3 is 2.53 bits per heavy atom. The fourth-order valence-corrected chi connectivity index (χ4v) is 8.85. The van der Waals surface area contributed by atoms with E-state index in [0.717, 1.165) is 67.1 Å². The molecule has 0 N–H and O–H groups in total. The van der Waals surface area contributed by atoms with Gasteiger partial charge >= 0.3 is 0 Å². The van der Waals surface area contributed by atoms with Crippen LogP contribution in [0, 0.1) is 13.8 Å². The van der Waals surface area contributed by atoms with E-state index in [-0.39, 0.29) is 18.6 Å². The molecule has 1 aromatic heterocycles. The van der Waals surface area contributed by atoms with Gasteiger partial charge in [-0.1, -0.05) is 6.42 Å². The second kappa shape index (κ2) is 12.6. The smallest absolute Gasteiger partial charge is 0.248 e. The predicted octanol–water partition coefficient (Wildman–Crippen LogP) is 4.45. The molecule has 208 valence electrons. The van der Waals surface area contributed by atoms with Crippen molar-refractivity contribution in [1.29, 1.82) is 0 Å². The van der Waals surface area contributed by atoms with E-state index in [1.807, 2.05) is 42.2 Å².